The second kappa shape index (κ2) is 7.24. The molecule has 7 heteroatoms. The lowest BCUT2D eigenvalue weighted by molar-refractivity contribution is 0.0532. The van der Waals surface area contributed by atoms with Crippen LogP contribution in [-0.4, -0.2) is 36.4 Å². The Kier molecular flexibility index (Phi) is 5.35. The molecule has 3 N–H and O–H groups in total. The third-order valence-electron chi connectivity index (χ3n) is 2.90. The van der Waals surface area contributed by atoms with Gasteiger partial charge in [-0.05, 0) is 43.5 Å². The second-order valence-corrected chi connectivity index (χ2v) is 5.85. The molecule has 0 bridgehead atoms. The predicted octanol–water partition coefficient (Wildman–Crippen LogP) is 2.58. The summed E-state index contributed by atoms with van der Waals surface area (Å²) in [6, 6.07) is 6.43. The number of hydrogen-bond donors (Lipinski definition) is 3. The summed E-state index contributed by atoms with van der Waals surface area (Å²) in [6.45, 7) is 3.68. The van der Waals surface area contributed by atoms with Crippen LogP contribution in [0.25, 0.3) is 10.1 Å². The van der Waals surface area contributed by atoms with E-state index in [4.69, 9.17) is 9.84 Å². The van der Waals surface area contributed by atoms with E-state index in [0.29, 0.717) is 17.2 Å². The van der Waals surface area contributed by atoms with Gasteiger partial charge >= 0.3 is 12.0 Å². The summed E-state index contributed by atoms with van der Waals surface area (Å²) in [7, 11) is 0. The van der Waals surface area contributed by atoms with Gasteiger partial charge in [0.1, 0.15) is 4.88 Å². The Labute approximate surface area is 132 Å². The largest absolute Gasteiger partial charge is 0.462 e. The van der Waals surface area contributed by atoms with Crippen LogP contribution in [0.15, 0.2) is 24.3 Å². The molecule has 0 unspecified atom stereocenters. The van der Waals surface area contributed by atoms with Crippen molar-refractivity contribution in [1.29, 1.82) is 0 Å². The molecule has 0 fully saturated rings. The number of thiophene rings is 1. The van der Waals surface area contributed by atoms with Crippen LogP contribution in [0.2, 0.25) is 0 Å². The molecule has 2 rings (SSSR count). The SMILES string of the molecule is CCOC(=O)c1cc2cc(NC(=O)N[C@H](C)CO)ccc2s1. The van der Waals surface area contributed by atoms with Crippen LogP contribution in [0.4, 0.5) is 10.5 Å². The van der Waals surface area contributed by atoms with Crippen LogP contribution in [0.5, 0.6) is 0 Å². The van der Waals surface area contributed by atoms with Gasteiger partial charge < -0.3 is 20.5 Å². The van der Waals surface area contributed by atoms with Gasteiger partial charge in [0.2, 0.25) is 0 Å². The number of aliphatic hydroxyl groups excluding tert-OH is 1. The van der Waals surface area contributed by atoms with Crippen LogP contribution < -0.4 is 10.6 Å². The molecule has 0 aliphatic rings. The van der Waals surface area contributed by atoms with E-state index in [1.165, 1.54) is 11.3 Å². The zero-order valence-electron chi connectivity index (χ0n) is 12.4. The van der Waals surface area contributed by atoms with E-state index in [2.05, 4.69) is 10.6 Å². The van der Waals surface area contributed by atoms with Crippen molar-refractivity contribution in [2.45, 2.75) is 19.9 Å². The molecule has 0 spiro atoms. The first-order chi connectivity index (χ1) is 10.5. The molecule has 1 heterocycles. The van der Waals surface area contributed by atoms with Gasteiger partial charge in [-0.3, -0.25) is 0 Å². The maximum absolute atomic E-state index is 11.7. The molecule has 0 aliphatic carbocycles. The van der Waals surface area contributed by atoms with Crippen LogP contribution in [-0.2, 0) is 4.74 Å². The summed E-state index contributed by atoms with van der Waals surface area (Å²) in [5.74, 6) is -0.340. The maximum atomic E-state index is 11.7. The van der Waals surface area contributed by atoms with E-state index in [-0.39, 0.29) is 24.6 Å². The molecule has 0 radical (unpaired) electrons. The monoisotopic (exact) mass is 322 g/mol. The lowest BCUT2D eigenvalue weighted by Gasteiger charge is -2.11. The molecular formula is C15H18N2O4S. The van der Waals surface area contributed by atoms with Crippen molar-refractivity contribution in [3.05, 3.63) is 29.1 Å². The van der Waals surface area contributed by atoms with E-state index in [0.717, 1.165) is 10.1 Å². The highest BCUT2D eigenvalue weighted by Gasteiger charge is 2.12. The van der Waals surface area contributed by atoms with Crippen molar-refractivity contribution >= 4 is 39.1 Å². The number of fused-ring (bicyclic) bond motifs is 1. The van der Waals surface area contributed by atoms with E-state index in [9.17, 15) is 9.59 Å². The topological polar surface area (TPSA) is 87.7 Å². The van der Waals surface area contributed by atoms with E-state index >= 15 is 0 Å². The summed E-state index contributed by atoms with van der Waals surface area (Å²) < 4.78 is 5.92. The third-order valence-corrected chi connectivity index (χ3v) is 4.00. The smallest absolute Gasteiger partial charge is 0.348 e. The van der Waals surface area contributed by atoms with Crippen molar-refractivity contribution in [2.75, 3.05) is 18.5 Å². The highest BCUT2D eigenvalue weighted by Crippen LogP contribution is 2.28. The summed E-state index contributed by atoms with van der Waals surface area (Å²) in [6.07, 6.45) is 0. The molecule has 0 saturated heterocycles. The van der Waals surface area contributed by atoms with Gasteiger partial charge in [0, 0.05) is 10.4 Å². The Morgan fingerprint density at radius 3 is 2.82 bits per heavy atom. The Bertz CT molecular complexity index is 683. The summed E-state index contributed by atoms with van der Waals surface area (Å²) in [5.41, 5.74) is 0.614. The van der Waals surface area contributed by atoms with Gasteiger partial charge in [0.25, 0.3) is 0 Å². The van der Waals surface area contributed by atoms with Crippen molar-refractivity contribution in [1.82, 2.24) is 5.32 Å². The number of hydrogen-bond acceptors (Lipinski definition) is 5. The average molecular weight is 322 g/mol. The van der Waals surface area contributed by atoms with Crippen molar-refractivity contribution in [3.63, 3.8) is 0 Å². The molecule has 6 nitrogen and oxygen atoms in total. The number of esters is 1. The molecule has 1 aromatic heterocycles. The van der Waals surface area contributed by atoms with E-state index < -0.39 is 0 Å². The Morgan fingerprint density at radius 1 is 1.36 bits per heavy atom. The van der Waals surface area contributed by atoms with Crippen molar-refractivity contribution in [2.24, 2.45) is 0 Å². The number of nitrogens with one attached hydrogen (secondary N) is 2. The fourth-order valence-electron chi connectivity index (χ4n) is 1.86. The normalized spacial score (nSPS) is 12.0. The molecule has 2 amide bonds. The Morgan fingerprint density at radius 2 is 2.14 bits per heavy atom. The quantitative estimate of drug-likeness (QED) is 0.738. The number of amides is 2. The standard InChI is InChI=1S/C15H18N2O4S/c1-3-21-14(19)13-7-10-6-11(4-5-12(10)22-13)17-15(20)16-9(2)8-18/h4-7,9,18H,3,8H2,1-2H3,(H2,16,17,20)/t9-/m1/s1. The number of aliphatic hydroxyl groups is 1. The summed E-state index contributed by atoms with van der Waals surface area (Å²) in [4.78, 5) is 24.0. The van der Waals surface area contributed by atoms with E-state index in [1.807, 2.05) is 6.07 Å². The molecule has 2 aromatic rings. The molecule has 1 aromatic carbocycles. The zero-order valence-corrected chi connectivity index (χ0v) is 13.2. The fourth-order valence-corrected chi connectivity index (χ4v) is 2.80. The fraction of sp³-hybridized carbons (Fsp3) is 0.333. The number of rotatable bonds is 5. The minimum atomic E-state index is -0.387. The number of urea groups is 1. The second-order valence-electron chi connectivity index (χ2n) is 4.77. The van der Waals surface area contributed by atoms with Crippen LogP contribution in [0.3, 0.4) is 0 Å². The molecular weight excluding hydrogens is 304 g/mol. The minimum absolute atomic E-state index is 0.125. The first-order valence-corrected chi connectivity index (χ1v) is 7.74. The third kappa shape index (κ3) is 3.96. The van der Waals surface area contributed by atoms with Crippen LogP contribution in [0, 0.1) is 0 Å². The van der Waals surface area contributed by atoms with Crippen molar-refractivity contribution in [3.8, 4) is 0 Å². The average Bonchev–Trinajstić information content (AvgIpc) is 2.90. The van der Waals surface area contributed by atoms with Gasteiger partial charge in [0.05, 0.1) is 19.3 Å². The van der Waals surface area contributed by atoms with Gasteiger partial charge in [-0.15, -0.1) is 11.3 Å². The van der Waals surface area contributed by atoms with E-state index in [1.54, 1.807) is 32.0 Å². The van der Waals surface area contributed by atoms with Gasteiger partial charge in [-0.1, -0.05) is 0 Å². The zero-order chi connectivity index (χ0) is 16.1. The Hall–Kier alpha value is -2.12. The van der Waals surface area contributed by atoms with Crippen LogP contribution >= 0.6 is 11.3 Å². The van der Waals surface area contributed by atoms with Gasteiger partial charge in [-0.2, -0.15) is 0 Å². The summed E-state index contributed by atoms with van der Waals surface area (Å²) >= 11 is 1.35. The highest BCUT2D eigenvalue weighted by atomic mass is 32.1. The molecule has 0 saturated carbocycles. The lowest BCUT2D eigenvalue weighted by atomic mass is 10.2. The summed E-state index contributed by atoms with van der Waals surface area (Å²) in [5, 5.41) is 15.1. The molecule has 0 aliphatic heterocycles. The number of benzene rings is 1. The highest BCUT2D eigenvalue weighted by molar-refractivity contribution is 7.20. The minimum Gasteiger partial charge on any atom is -0.462 e. The number of ether oxygens (including phenoxy) is 1. The van der Waals surface area contributed by atoms with Crippen LogP contribution in [0.1, 0.15) is 23.5 Å². The Balaban J connectivity index is 2.13. The van der Waals surface area contributed by atoms with Gasteiger partial charge in [0.15, 0.2) is 0 Å². The predicted molar refractivity (Wildman–Crippen MR) is 86.5 cm³/mol. The maximum Gasteiger partial charge on any atom is 0.348 e. The number of carbonyl (C=O) groups is 2. The van der Waals surface area contributed by atoms with Crippen molar-refractivity contribution < 1.29 is 19.4 Å². The number of anilines is 1. The molecule has 118 valence electrons. The molecule has 22 heavy (non-hydrogen) atoms. The van der Waals surface area contributed by atoms with Gasteiger partial charge in [-0.25, -0.2) is 9.59 Å². The first-order valence-electron chi connectivity index (χ1n) is 6.92. The number of carbonyl (C=O) groups excluding carboxylic acids is 2. The lowest BCUT2D eigenvalue weighted by Crippen LogP contribution is -2.38. The molecule has 1 atom stereocenters. The first kappa shape index (κ1) is 16.3.